The van der Waals surface area contributed by atoms with E-state index in [2.05, 4.69) is 184 Å². The van der Waals surface area contributed by atoms with Crippen LogP contribution in [0.4, 0.5) is 28.4 Å². The number of benzene rings is 5. The number of rotatable bonds is 9. The molecule has 3 heterocycles. The predicted molar refractivity (Wildman–Crippen MR) is 234 cm³/mol. The Labute approximate surface area is 348 Å². The minimum absolute atomic E-state index is 0. The fourth-order valence-corrected chi connectivity index (χ4v) is 7.48. The van der Waals surface area contributed by atoms with Gasteiger partial charge in [0.1, 0.15) is 0 Å². The minimum atomic E-state index is 0. The van der Waals surface area contributed by atoms with Crippen LogP contribution in [0, 0.1) is 26.3 Å². The number of nitrogens with one attached hydrogen (secondary N) is 1. The van der Waals surface area contributed by atoms with E-state index < -0.39 is 0 Å². The first-order chi connectivity index (χ1) is 26.5. The summed E-state index contributed by atoms with van der Waals surface area (Å²) < 4.78 is 0. The monoisotopic (exact) mass is 919 g/mol. The Morgan fingerprint density at radius 3 is 2.11 bits per heavy atom. The molecule has 1 aliphatic heterocycles. The molecule has 5 aromatic carbocycles. The summed E-state index contributed by atoms with van der Waals surface area (Å²) in [5, 5.41) is 5.99. The van der Waals surface area contributed by atoms with Crippen LogP contribution in [0.1, 0.15) is 81.5 Å². The molecule has 0 saturated heterocycles. The molecule has 0 spiro atoms. The average molecular weight is 920 g/mol. The second-order valence-corrected chi connectivity index (χ2v) is 15.5. The molecule has 0 aliphatic carbocycles. The SMILES string of the molecule is Cc1ccccc1N(C)[CH-]Nc1[c-]c(N2[CH-]N(C)c3ccccc32)cc(-c2c(C(C)C)cc(C(C)C)cc2C(C)C)c1.[Pt+4].c1ccc2c(c1)[n-]c1cnccc12. The average Bonchev–Trinajstić information content (AvgIpc) is 3.74. The van der Waals surface area contributed by atoms with Crippen molar-refractivity contribution in [3.63, 3.8) is 0 Å². The topological polar surface area (TPSA) is 48.7 Å². The van der Waals surface area contributed by atoms with Crippen LogP contribution >= 0.6 is 0 Å². The molecular weight excluding hydrogens is 868 g/mol. The molecule has 7 heteroatoms. The van der Waals surface area contributed by atoms with Crippen molar-refractivity contribution in [2.45, 2.75) is 66.2 Å². The van der Waals surface area contributed by atoms with Gasteiger partial charge in [-0.1, -0.05) is 108 Å². The molecule has 56 heavy (non-hydrogen) atoms. The van der Waals surface area contributed by atoms with Crippen molar-refractivity contribution in [3.8, 4) is 11.1 Å². The third kappa shape index (κ3) is 8.37. The molecular formula is C49H52N6Pt. The Hall–Kier alpha value is -5.06. The summed E-state index contributed by atoms with van der Waals surface area (Å²) in [5.41, 5.74) is 15.5. The Bertz CT molecular complexity index is 2350. The molecule has 0 amide bonds. The number of para-hydroxylation sites is 4. The number of aryl methyl sites for hydroxylation is 1. The summed E-state index contributed by atoms with van der Waals surface area (Å²) in [4.78, 5) is 15.1. The smallest absolute Gasteiger partial charge is 0.656 e. The van der Waals surface area contributed by atoms with Crippen LogP contribution in [-0.4, -0.2) is 19.1 Å². The minimum Gasteiger partial charge on any atom is -0.656 e. The molecule has 8 rings (SSSR count). The Kier molecular flexibility index (Phi) is 12.6. The van der Waals surface area contributed by atoms with Crippen molar-refractivity contribution >= 4 is 50.2 Å². The maximum Gasteiger partial charge on any atom is 4.00 e. The Balaban J connectivity index is 0.000000317. The van der Waals surface area contributed by atoms with Gasteiger partial charge in [-0.25, -0.2) is 0 Å². The first-order valence-electron chi connectivity index (χ1n) is 19.3. The standard InChI is InChI=1S/C38H45N4.C11H7N2.Pt/c1-25(2)29-20-33(26(3)4)38(34(21-29)27(5)6)30-18-31(39-23-40(8)35-15-11-10-14-28(35)7)22-32(19-30)42-24-41(9)36-16-12-13-17-37(36)42;1-2-4-10-8(3-1)9-5-6-12-7-11(9)13-10;/h10-21,23-27,39H,1-9H3;1-7H;/q-3;-1;+4. The summed E-state index contributed by atoms with van der Waals surface area (Å²) in [6.45, 7) is 20.2. The molecule has 1 aliphatic rings. The third-order valence-corrected chi connectivity index (χ3v) is 10.5. The van der Waals surface area contributed by atoms with Crippen LogP contribution in [0.15, 0.2) is 116 Å². The van der Waals surface area contributed by atoms with Gasteiger partial charge in [0.15, 0.2) is 0 Å². The van der Waals surface area contributed by atoms with Crippen molar-refractivity contribution in [1.82, 2.24) is 9.97 Å². The van der Waals surface area contributed by atoms with E-state index in [1.807, 2.05) is 30.9 Å². The maximum atomic E-state index is 4.45. The zero-order valence-corrected chi connectivity index (χ0v) is 36.2. The largest absolute Gasteiger partial charge is 4.00 e. The molecule has 2 aromatic heterocycles. The van der Waals surface area contributed by atoms with E-state index in [0.29, 0.717) is 17.8 Å². The molecule has 7 aromatic rings. The molecule has 0 atom stereocenters. The third-order valence-electron chi connectivity index (χ3n) is 10.5. The van der Waals surface area contributed by atoms with Crippen LogP contribution in [0.25, 0.3) is 32.9 Å². The molecule has 1 N–H and O–H groups in total. The van der Waals surface area contributed by atoms with Crippen molar-refractivity contribution < 1.29 is 21.1 Å². The van der Waals surface area contributed by atoms with E-state index in [-0.39, 0.29) is 21.1 Å². The number of fused-ring (bicyclic) bond motifs is 4. The molecule has 0 bridgehead atoms. The van der Waals surface area contributed by atoms with Gasteiger partial charge in [-0.05, 0) is 102 Å². The van der Waals surface area contributed by atoms with Gasteiger partial charge in [0.05, 0.1) is 0 Å². The van der Waals surface area contributed by atoms with Gasteiger partial charge in [0, 0.05) is 29.5 Å². The molecule has 288 valence electrons. The van der Waals surface area contributed by atoms with E-state index in [1.165, 1.54) is 55.5 Å². The number of aromatic nitrogens is 2. The van der Waals surface area contributed by atoms with Gasteiger partial charge in [-0.2, -0.15) is 13.3 Å². The first-order valence-corrected chi connectivity index (χ1v) is 19.3. The summed E-state index contributed by atoms with van der Waals surface area (Å²) in [5.74, 6) is 1.26. The van der Waals surface area contributed by atoms with Crippen molar-refractivity contribution in [1.29, 1.82) is 0 Å². The maximum absolute atomic E-state index is 4.45. The quantitative estimate of drug-likeness (QED) is 0.146. The van der Waals surface area contributed by atoms with Gasteiger partial charge in [-0.15, -0.1) is 46.2 Å². The second-order valence-electron chi connectivity index (χ2n) is 15.5. The van der Waals surface area contributed by atoms with Gasteiger partial charge < -0.3 is 25.0 Å². The molecule has 0 radical (unpaired) electrons. The van der Waals surface area contributed by atoms with Gasteiger partial charge >= 0.3 is 21.1 Å². The molecule has 0 fully saturated rings. The summed E-state index contributed by atoms with van der Waals surface area (Å²) in [6.07, 6.45) is 3.60. The first kappa shape index (κ1) is 40.6. The van der Waals surface area contributed by atoms with Crippen LogP contribution in [-0.2, 0) is 21.1 Å². The van der Waals surface area contributed by atoms with Crippen LogP contribution < -0.4 is 25.0 Å². The van der Waals surface area contributed by atoms with Crippen molar-refractivity contribution in [2.75, 3.05) is 34.1 Å². The predicted octanol–water partition coefficient (Wildman–Crippen LogP) is 12.5. The second kappa shape index (κ2) is 17.4. The molecule has 6 nitrogen and oxygen atoms in total. The van der Waals surface area contributed by atoms with Gasteiger partial charge in [0.2, 0.25) is 0 Å². The van der Waals surface area contributed by atoms with Crippen LogP contribution in [0.2, 0.25) is 0 Å². The number of anilines is 5. The van der Waals surface area contributed by atoms with Gasteiger partial charge in [0.25, 0.3) is 0 Å². The number of hydrogen-bond donors (Lipinski definition) is 1. The molecule has 0 saturated carbocycles. The summed E-state index contributed by atoms with van der Waals surface area (Å²) >= 11 is 0. The van der Waals surface area contributed by atoms with E-state index in [4.69, 9.17) is 0 Å². The zero-order chi connectivity index (χ0) is 38.8. The fourth-order valence-electron chi connectivity index (χ4n) is 7.48. The van der Waals surface area contributed by atoms with Crippen LogP contribution in [0.5, 0.6) is 0 Å². The van der Waals surface area contributed by atoms with Crippen LogP contribution in [0.3, 0.4) is 0 Å². The van der Waals surface area contributed by atoms with Crippen molar-refractivity contribution in [2.24, 2.45) is 0 Å². The number of hydrogen-bond acceptors (Lipinski definition) is 5. The number of nitrogens with zero attached hydrogens (tertiary/aromatic N) is 5. The Morgan fingerprint density at radius 1 is 0.768 bits per heavy atom. The van der Waals surface area contributed by atoms with E-state index >= 15 is 0 Å². The summed E-state index contributed by atoms with van der Waals surface area (Å²) in [6, 6.07) is 40.3. The number of pyridine rings is 1. The van der Waals surface area contributed by atoms with E-state index in [0.717, 1.165) is 28.1 Å². The van der Waals surface area contributed by atoms with E-state index in [9.17, 15) is 0 Å². The molecule has 0 unspecified atom stereocenters. The van der Waals surface area contributed by atoms with Crippen molar-refractivity contribution in [3.05, 3.63) is 157 Å². The fraction of sp³-hybridized carbons (Fsp3) is 0.245. The van der Waals surface area contributed by atoms with Gasteiger partial charge in [-0.3, -0.25) is 4.98 Å². The Morgan fingerprint density at radius 2 is 1.41 bits per heavy atom. The summed E-state index contributed by atoms with van der Waals surface area (Å²) in [7, 11) is 4.18. The normalized spacial score (nSPS) is 12.3. The van der Waals surface area contributed by atoms with E-state index in [1.54, 1.807) is 12.4 Å². The zero-order valence-electron chi connectivity index (χ0n) is 33.9.